The summed E-state index contributed by atoms with van der Waals surface area (Å²) in [6.45, 7) is 0. The first kappa shape index (κ1) is 23.7. The van der Waals surface area contributed by atoms with Gasteiger partial charge in [-0.05, 0) is 86.1 Å². The molecular formula is C42H25NO. The van der Waals surface area contributed by atoms with Crippen LogP contribution in [0.3, 0.4) is 0 Å². The monoisotopic (exact) mass is 559 g/mol. The lowest BCUT2D eigenvalue weighted by atomic mass is 9.92. The minimum Gasteiger partial charge on any atom is -0.456 e. The largest absolute Gasteiger partial charge is 0.456 e. The van der Waals surface area contributed by atoms with Crippen molar-refractivity contribution in [2.45, 2.75) is 0 Å². The van der Waals surface area contributed by atoms with Crippen LogP contribution in [0.5, 0.6) is 11.5 Å². The second kappa shape index (κ2) is 8.82. The third-order valence-electron chi connectivity index (χ3n) is 9.36. The summed E-state index contributed by atoms with van der Waals surface area (Å²) in [6.07, 6.45) is 0. The zero-order valence-electron chi connectivity index (χ0n) is 23.8. The van der Waals surface area contributed by atoms with Crippen molar-refractivity contribution in [3.63, 3.8) is 0 Å². The normalized spacial score (nSPS) is 12.3. The van der Waals surface area contributed by atoms with Gasteiger partial charge < -0.3 is 9.30 Å². The second-order valence-electron chi connectivity index (χ2n) is 11.7. The molecule has 0 unspecified atom stereocenters. The molecule has 0 N–H and O–H groups in total. The van der Waals surface area contributed by atoms with Gasteiger partial charge in [-0.25, -0.2) is 0 Å². The van der Waals surface area contributed by atoms with Crippen molar-refractivity contribution in [3.8, 4) is 39.4 Å². The zero-order valence-corrected chi connectivity index (χ0v) is 23.8. The van der Waals surface area contributed by atoms with Crippen LogP contribution in [-0.2, 0) is 0 Å². The molecule has 9 aromatic rings. The highest BCUT2D eigenvalue weighted by atomic mass is 16.5. The number of hydrogen-bond acceptors (Lipinski definition) is 1. The van der Waals surface area contributed by atoms with Crippen LogP contribution in [0.25, 0.3) is 82.1 Å². The summed E-state index contributed by atoms with van der Waals surface area (Å²) in [4.78, 5) is 0. The molecule has 2 heterocycles. The molecule has 0 saturated carbocycles. The fourth-order valence-electron chi connectivity index (χ4n) is 7.37. The van der Waals surface area contributed by atoms with Crippen LogP contribution < -0.4 is 4.74 Å². The van der Waals surface area contributed by atoms with E-state index in [1.165, 1.54) is 70.8 Å². The lowest BCUT2D eigenvalue weighted by molar-refractivity contribution is 0.487. The average molecular weight is 560 g/mol. The highest BCUT2D eigenvalue weighted by Crippen LogP contribution is 2.47. The Morgan fingerprint density at radius 3 is 1.70 bits per heavy atom. The van der Waals surface area contributed by atoms with E-state index in [9.17, 15) is 0 Å². The second-order valence-corrected chi connectivity index (χ2v) is 11.7. The van der Waals surface area contributed by atoms with Crippen molar-refractivity contribution in [2.75, 3.05) is 0 Å². The molecule has 0 spiro atoms. The summed E-state index contributed by atoms with van der Waals surface area (Å²) in [5, 5.41) is 10.1. The van der Waals surface area contributed by atoms with Crippen molar-refractivity contribution >= 4 is 54.1 Å². The average Bonchev–Trinajstić information content (AvgIpc) is 3.44. The molecule has 0 amide bonds. The molecular weight excluding hydrogens is 534 g/mol. The maximum atomic E-state index is 6.35. The highest BCUT2D eigenvalue weighted by Gasteiger charge is 2.21. The summed E-state index contributed by atoms with van der Waals surface area (Å²) < 4.78 is 8.77. The molecule has 0 bridgehead atoms. The van der Waals surface area contributed by atoms with Crippen LogP contribution in [0.15, 0.2) is 152 Å². The van der Waals surface area contributed by atoms with E-state index < -0.39 is 0 Å². The Labute approximate surface area is 254 Å². The number of hydrogen-bond donors (Lipinski definition) is 0. The number of fused-ring (bicyclic) bond motifs is 9. The van der Waals surface area contributed by atoms with E-state index in [0.717, 1.165) is 22.7 Å². The third-order valence-corrected chi connectivity index (χ3v) is 9.36. The molecule has 2 nitrogen and oxygen atoms in total. The van der Waals surface area contributed by atoms with Gasteiger partial charge in [0, 0.05) is 27.4 Å². The number of benzene rings is 8. The Bertz CT molecular complexity index is 2530. The first-order valence-electron chi connectivity index (χ1n) is 15.1. The molecule has 0 fully saturated rings. The summed E-state index contributed by atoms with van der Waals surface area (Å²) in [5.74, 6) is 1.83. The van der Waals surface area contributed by atoms with Gasteiger partial charge in [0.05, 0.1) is 11.0 Å². The minimum absolute atomic E-state index is 0.904. The van der Waals surface area contributed by atoms with E-state index in [2.05, 4.69) is 156 Å². The van der Waals surface area contributed by atoms with Crippen molar-refractivity contribution in [1.29, 1.82) is 0 Å². The van der Waals surface area contributed by atoms with E-state index in [-0.39, 0.29) is 0 Å². The molecule has 1 aliphatic rings. The van der Waals surface area contributed by atoms with Gasteiger partial charge in [-0.15, -0.1) is 0 Å². The molecule has 1 aliphatic heterocycles. The van der Waals surface area contributed by atoms with Crippen molar-refractivity contribution in [2.24, 2.45) is 0 Å². The van der Waals surface area contributed by atoms with Crippen LogP contribution in [0.4, 0.5) is 0 Å². The standard InChI is InChI=1S/C42H25NO/c1-3-11-32-27(7-1)17-22-36-41(32)42-33-12-4-2-8-28(33)18-23-37(42)43(36)31-20-15-26(16-21-31)30-19-24-38-35(25-30)34-13-5-9-29-10-6-14-39(44-38)40(29)34/h1-25H. The molecule has 10 rings (SSSR count). The molecule has 0 saturated heterocycles. The molecule has 0 atom stereocenters. The zero-order chi connectivity index (χ0) is 28.8. The van der Waals surface area contributed by atoms with Gasteiger partial charge in [-0.3, -0.25) is 0 Å². The Morgan fingerprint density at radius 2 is 1.00 bits per heavy atom. The Hall–Kier alpha value is -5.86. The van der Waals surface area contributed by atoms with E-state index in [1.807, 2.05) is 0 Å². The third kappa shape index (κ3) is 3.25. The van der Waals surface area contributed by atoms with Gasteiger partial charge in [-0.2, -0.15) is 0 Å². The Balaban J connectivity index is 1.16. The summed E-state index contributed by atoms with van der Waals surface area (Å²) in [7, 11) is 0. The summed E-state index contributed by atoms with van der Waals surface area (Å²) in [6, 6.07) is 54.8. The molecule has 8 aromatic carbocycles. The Morgan fingerprint density at radius 1 is 0.386 bits per heavy atom. The van der Waals surface area contributed by atoms with Gasteiger partial charge in [0.1, 0.15) is 11.5 Å². The van der Waals surface area contributed by atoms with Gasteiger partial charge >= 0.3 is 0 Å². The van der Waals surface area contributed by atoms with Crippen molar-refractivity contribution in [1.82, 2.24) is 4.57 Å². The van der Waals surface area contributed by atoms with Crippen LogP contribution in [0, 0.1) is 0 Å². The topological polar surface area (TPSA) is 14.2 Å². The van der Waals surface area contributed by atoms with Crippen LogP contribution >= 0.6 is 0 Å². The molecule has 0 radical (unpaired) electrons. The van der Waals surface area contributed by atoms with Crippen LogP contribution in [0.1, 0.15) is 0 Å². The molecule has 1 aromatic heterocycles. The van der Waals surface area contributed by atoms with E-state index >= 15 is 0 Å². The smallest absolute Gasteiger partial charge is 0.135 e. The summed E-state index contributed by atoms with van der Waals surface area (Å²) in [5.41, 5.74) is 8.31. The fraction of sp³-hybridized carbons (Fsp3) is 0. The highest BCUT2D eigenvalue weighted by molar-refractivity contribution is 6.28. The van der Waals surface area contributed by atoms with Crippen LogP contribution in [-0.4, -0.2) is 4.57 Å². The fourth-order valence-corrected chi connectivity index (χ4v) is 7.37. The van der Waals surface area contributed by atoms with Gasteiger partial charge in [0.15, 0.2) is 0 Å². The predicted molar refractivity (Wildman–Crippen MR) is 184 cm³/mol. The maximum Gasteiger partial charge on any atom is 0.135 e. The van der Waals surface area contributed by atoms with Crippen molar-refractivity contribution < 1.29 is 4.74 Å². The molecule has 2 heteroatoms. The number of nitrogens with zero attached hydrogens (tertiary/aromatic N) is 1. The van der Waals surface area contributed by atoms with Crippen LogP contribution in [0.2, 0.25) is 0 Å². The molecule has 44 heavy (non-hydrogen) atoms. The maximum absolute atomic E-state index is 6.35. The predicted octanol–water partition coefficient (Wildman–Crippen LogP) is 11.7. The SMILES string of the molecule is c1cc2c3c(cccc3c1)-c1cc(-c3ccc(-n4c5ccc6ccccc6c5c5c6ccccc6ccc54)cc3)ccc1O2. The lowest BCUT2D eigenvalue weighted by Crippen LogP contribution is -1.97. The number of rotatable bonds is 2. The van der Waals surface area contributed by atoms with Gasteiger partial charge in [-0.1, -0.05) is 109 Å². The number of ether oxygens (including phenoxy) is 1. The van der Waals surface area contributed by atoms with E-state index in [1.54, 1.807) is 0 Å². The first-order chi connectivity index (χ1) is 21.8. The quantitative estimate of drug-likeness (QED) is 0.205. The summed E-state index contributed by atoms with van der Waals surface area (Å²) >= 11 is 0. The molecule has 0 aliphatic carbocycles. The lowest BCUT2D eigenvalue weighted by Gasteiger charge is -2.22. The first-order valence-corrected chi connectivity index (χ1v) is 15.1. The van der Waals surface area contributed by atoms with Gasteiger partial charge in [0.25, 0.3) is 0 Å². The van der Waals surface area contributed by atoms with Gasteiger partial charge in [0.2, 0.25) is 0 Å². The number of aromatic nitrogens is 1. The van der Waals surface area contributed by atoms with Crippen molar-refractivity contribution in [3.05, 3.63) is 152 Å². The van der Waals surface area contributed by atoms with E-state index in [0.29, 0.717) is 0 Å². The minimum atomic E-state index is 0.904. The Kier molecular flexibility index (Phi) is 4.75. The van der Waals surface area contributed by atoms with E-state index in [4.69, 9.17) is 4.74 Å². The molecule has 204 valence electrons.